The van der Waals surface area contributed by atoms with Gasteiger partial charge in [-0.3, -0.25) is 4.79 Å². The Hall–Kier alpha value is -1.36. The van der Waals surface area contributed by atoms with E-state index in [0.29, 0.717) is 19.3 Å². The maximum absolute atomic E-state index is 12.7. The minimum absolute atomic E-state index is 0.000440. The first-order valence-electron chi connectivity index (χ1n) is 6.05. The minimum atomic E-state index is -4.77. The lowest BCUT2D eigenvalue weighted by atomic mass is 9.90. The van der Waals surface area contributed by atoms with Gasteiger partial charge in [-0.25, -0.2) is 0 Å². The van der Waals surface area contributed by atoms with Crippen LogP contribution in [0.25, 0.3) is 0 Å². The monoisotopic (exact) mass is 273 g/mol. The van der Waals surface area contributed by atoms with Crippen molar-refractivity contribution in [2.75, 3.05) is 0 Å². The third-order valence-electron chi connectivity index (χ3n) is 2.89. The predicted octanol–water partition coefficient (Wildman–Crippen LogP) is 3.35. The lowest BCUT2D eigenvalue weighted by Gasteiger charge is -2.26. The molecule has 0 bridgehead atoms. The zero-order valence-corrected chi connectivity index (χ0v) is 11.2. The van der Waals surface area contributed by atoms with Crippen LogP contribution in [-0.2, 0) is 6.42 Å². The van der Waals surface area contributed by atoms with Crippen molar-refractivity contribution in [3.63, 3.8) is 0 Å². The average Bonchev–Trinajstić information content (AvgIpc) is 2.25. The summed E-state index contributed by atoms with van der Waals surface area (Å²) in [6, 6.07) is 6.22. The molecule has 2 nitrogen and oxygen atoms in total. The minimum Gasteiger partial charge on any atom is -0.311 e. The summed E-state index contributed by atoms with van der Waals surface area (Å²) >= 11 is 0. The number of benzene rings is 1. The topological polar surface area (TPSA) is 43.1 Å². The van der Waals surface area contributed by atoms with Gasteiger partial charge in [-0.15, -0.1) is 0 Å². The fraction of sp³-hybridized carbons (Fsp3) is 0.500. The summed E-state index contributed by atoms with van der Waals surface area (Å²) in [5.41, 5.74) is 3.12. The van der Waals surface area contributed by atoms with E-state index >= 15 is 0 Å². The van der Waals surface area contributed by atoms with Gasteiger partial charge in [-0.05, 0) is 30.9 Å². The molecule has 106 valence electrons. The van der Waals surface area contributed by atoms with Crippen LogP contribution in [0.15, 0.2) is 24.3 Å². The molecule has 0 aromatic heterocycles. The maximum atomic E-state index is 12.7. The van der Waals surface area contributed by atoms with Crippen LogP contribution >= 0.6 is 0 Å². The van der Waals surface area contributed by atoms with E-state index in [1.807, 2.05) is 13.8 Å². The summed E-state index contributed by atoms with van der Waals surface area (Å²) in [7, 11) is 0. The van der Waals surface area contributed by atoms with Gasteiger partial charge in [-0.1, -0.05) is 32.0 Å². The molecular weight excluding hydrogens is 255 g/mol. The van der Waals surface area contributed by atoms with Crippen molar-refractivity contribution in [3.8, 4) is 0 Å². The van der Waals surface area contributed by atoms with Gasteiger partial charge < -0.3 is 5.73 Å². The molecule has 1 aromatic carbocycles. The Morgan fingerprint density at radius 3 is 2.37 bits per heavy atom. The molecule has 0 aliphatic rings. The first-order chi connectivity index (χ1) is 8.55. The molecule has 0 amide bonds. The van der Waals surface area contributed by atoms with Crippen molar-refractivity contribution >= 4 is 5.78 Å². The van der Waals surface area contributed by atoms with E-state index in [4.69, 9.17) is 5.73 Å². The Morgan fingerprint density at radius 2 is 1.89 bits per heavy atom. The van der Waals surface area contributed by atoms with E-state index in [1.54, 1.807) is 12.1 Å². The van der Waals surface area contributed by atoms with Gasteiger partial charge >= 0.3 is 6.18 Å². The van der Waals surface area contributed by atoms with Crippen molar-refractivity contribution in [1.29, 1.82) is 0 Å². The molecule has 0 aliphatic carbocycles. The number of hydrogen-bond donors (Lipinski definition) is 1. The van der Waals surface area contributed by atoms with E-state index in [0.717, 1.165) is 5.56 Å². The van der Waals surface area contributed by atoms with Gasteiger partial charge in [0, 0.05) is 5.56 Å². The van der Waals surface area contributed by atoms with E-state index in [9.17, 15) is 18.0 Å². The van der Waals surface area contributed by atoms with Crippen LogP contribution in [0.5, 0.6) is 0 Å². The third kappa shape index (κ3) is 3.56. The fourth-order valence-electron chi connectivity index (χ4n) is 1.74. The summed E-state index contributed by atoms with van der Waals surface area (Å²) in [4.78, 5) is 11.9. The van der Waals surface area contributed by atoms with Gasteiger partial charge in [0.05, 0.1) is 0 Å². The number of hydrogen-bond acceptors (Lipinski definition) is 2. The van der Waals surface area contributed by atoms with Crippen LogP contribution in [0.3, 0.4) is 0 Å². The highest BCUT2D eigenvalue weighted by Gasteiger charge is 2.53. The second-order valence-corrected chi connectivity index (χ2v) is 5.33. The molecule has 0 fully saturated rings. The molecule has 0 radical (unpaired) electrons. The predicted molar refractivity (Wildman–Crippen MR) is 68.0 cm³/mol. The zero-order valence-electron chi connectivity index (χ0n) is 11.2. The highest BCUT2D eigenvalue weighted by molar-refractivity contribution is 6.03. The number of ketones is 1. The van der Waals surface area contributed by atoms with Crippen molar-refractivity contribution in [2.45, 2.75) is 38.9 Å². The summed E-state index contributed by atoms with van der Waals surface area (Å²) in [6.45, 7) is 4.69. The third-order valence-corrected chi connectivity index (χ3v) is 2.89. The number of carbonyl (C=O) groups excluding carboxylic acids is 1. The second-order valence-electron chi connectivity index (χ2n) is 5.33. The standard InChI is InChI=1S/C14H18F3NO/c1-9(2)7-10-5-4-6-11(8-10)12(19)13(3,18)14(15,16)17/h4-6,8-9H,7,18H2,1-3H3. The fourth-order valence-corrected chi connectivity index (χ4v) is 1.74. The Kier molecular flexibility index (Phi) is 4.40. The molecule has 1 rings (SSSR count). The summed E-state index contributed by atoms with van der Waals surface area (Å²) in [6.07, 6.45) is -4.06. The second kappa shape index (κ2) is 5.33. The number of nitrogens with two attached hydrogens (primary N) is 1. The molecule has 1 atom stereocenters. The highest BCUT2D eigenvalue weighted by Crippen LogP contribution is 2.31. The van der Waals surface area contributed by atoms with Crippen molar-refractivity contribution in [3.05, 3.63) is 35.4 Å². The smallest absolute Gasteiger partial charge is 0.311 e. The highest BCUT2D eigenvalue weighted by atomic mass is 19.4. The van der Waals surface area contributed by atoms with Gasteiger partial charge in [0.25, 0.3) is 0 Å². The van der Waals surface area contributed by atoms with Crippen LogP contribution in [0.2, 0.25) is 0 Å². The first kappa shape index (κ1) is 15.7. The molecule has 19 heavy (non-hydrogen) atoms. The largest absolute Gasteiger partial charge is 0.413 e. The molecule has 5 heteroatoms. The number of halogens is 3. The van der Waals surface area contributed by atoms with Gasteiger partial charge in [0.15, 0.2) is 11.3 Å². The quantitative estimate of drug-likeness (QED) is 0.855. The van der Waals surface area contributed by atoms with Crippen molar-refractivity contribution in [1.82, 2.24) is 0 Å². The Balaban J connectivity index is 3.07. The summed E-state index contributed by atoms with van der Waals surface area (Å²) in [5.74, 6) is -0.747. The Labute approximate surface area is 110 Å². The SMILES string of the molecule is CC(C)Cc1cccc(C(=O)C(C)(N)C(F)(F)F)c1. The number of rotatable bonds is 4. The molecular formula is C14H18F3NO. The van der Waals surface area contributed by atoms with Crippen LogP contribution < -0.4 is 5.73 Å². The van der Waals surface area contributed by atoms with E-state index in [-0.39, 0.29) is 5.56 Å². The van der Waals surface area contributed by atoms with Crippen molar-refractivity contribution in [2.24, 2.45) is 11.7 Å². The van der Waals surface area contributed by atoms with Gasteiger partial charge in [-0.2, -0.15) is 13.2 Å². The van der Waals surface area contributed by atoms with Crippen LogP contribution in [0.4, 0.5) is 13.2 Å². The van der Waals surface area contributed by atoms with Gasteiger partial charge in [0.1, 0.15) is 0 Å². The van der Waals surface area contributed by atoms with E-state index in [1.165, 1.54) is 12.1 Å². The Morgan fingerprint density at radius 1 is 1.32 bits per heavy atom. The molecule has 2 N–H and O–H groups in total. The summed E-state index contributed by atoms with van der Waals surface area (Å²) in [5, 5.41) is 0. The van der Waals surface area contributed by atoms with Crippen LogP contribution in [-0.4, -0.2) is 17.5 Å². The molecule has 0 saturated heterocycles. The molecule has 0 saturated carbocycles. The first-order valence-corrected chi connectivity index (χ1v) is 6.05. The zero-order chi connectivity index (χ0) is 14.8. The average molecular weight is 273 g/mol. The lowest BCUT2D eigenvalue weighted by Crippen LogP contribution is -2.57. The molecule has 0 heterocycles. The summed E-state index contributed by atoms with van der Waals surface area (Å²) < 4.78 is 38.2. The number of carbonyl (C=O) groups is 1. The van der Waals surface area contributed by atoms with Crippen LogP contribution in [0.1, 0.15) is 36.7 Å². The normalized spacial score (nSPS) is 15.4. The molecule has 1 aromatic rings. The number of Topliss-reactive ketones (excluding diaryl/α,β-unsaturated/α-hetero) is 1. The van der Waals surface area contributed by atoms with E-state index < -0.39 is 17.5 Å². The molecule has 0 aliphatic heterocycles. The number of alkyl halides is 3. The van der Waals surface area contributed by atoms with Crippen LogP contribution in [0, 0.1) is 5.92 Å². The van der Waals surface area contributed by atoms with Crippen molar-refractivity contribution < 1.29 is 18.0 Å². The molecule has 0 spiro atoms. The van der Waals surface area contributed by atoms with Gasteiger partial charge in [0.2, 0.25) is 0 Å². The van der Waals surface area contributed by atoms with E-state index in [2.05, 4.69) is 0 Å². The lowest BCUT2D eigenvalue weighted by molar-refractivity contribution is -0.165. The Bertz CT molecular complexity index is 464. The maximum Gasteiger partial charge on any atom is 0.413 e. The molecule has 1 unspecified atom stereocenters.